The van der Waals surface area contributed by atoms with Crippen LogP contribution in [0.2, 0.25) is 0 Å². The molecule has 31 heavy (non-hydrogen) atoms. The summed E-state index contributed by atoms with van der Waals surface area (Å²) >= 11 is 0. The first kappa shape index (κ1) is 25.0. The lowest BCUT2D eigenvalue weighted by atomic mass is 9.90. The Hall–Kier alpha value is -2.23. The Kier molecular flexibility index (Phi) is 8.02. The molecule has 1 heterocycles. The normalized spacial score (nSPS) is 20.5. The smallest absolute Gasteiger partial charge is 0.414 e. The first-order valence-electron chi connectivity index (χ1n) is 10.6. The quantitative estimate of drug-likeness (QED) is 0.478. The number of alkyl halides is 3. The number of rotatable bonds is 10. The van der Waals surface area contributed by atoms with Gasteiger partial charge in [0.15, 0.2) is 12.0 Å². The van der Waals surface area contributed by atoms with Crippen molar-refractivity contribution >= 4 is 11.8 Å². The van der Waals surface area contributed by atoms with E-state index in [0.29, 0.717) is 18.7 Å². The molecule has 1 saturated carbocycles. The van der Waals surface area contributed by atoms with Crippen LogP contribution in [0.4, 0.5) is 13.2 Å². The Morgan fingerprint density at radius 1 is 1.29 bits per heavy atom. The third-order valence-electron chi connectivity index (χ3n) is 5.97. The molecule has 10 heteroatoms. The van der Waals surface area contributed by atoms with E-state index < -0.39 is 36.2 Å². The number of halogens is 3. The Balaban J connectivity index is 2.15. The zero-order chi connectivity index (χ0) is 23.4. The minimum atomic E-state index is -4.71. The van der Waals surface area contributed by atoms with E-state index in [1.54, 1.807) is 24.1 Å². The number of hydrogen-bond donors (Lipinski definition) is 3. The first-order valence-corrected chi connectivity index (χ1v) is 10.6. The Bertz CT molecular complexity index is 728. The zero-order valence-electron chi connectivity index (χ0n) is 18.4. The lowest BCUT2D eigenvalue weighted by molar-refractivity contribution is -0.207. The summed E-state index contributed by atoms with van der Waals surface area (Å²) in [5.74, 6) is -0.128. The van der Waals surface area contributed by atoms with Crippen molar-refractivity contribution in [1.82, 2.24) is 15.5 Å². The molecule has 0 aromatic rings. The molecule has 7 nitrogen and oxygen atoms in total. The monoisotopic (exact) mass is 447 g/mol. The van der Waals surface area contributed by atoms with Gasteiger partial charge in [-0.1, -0.05) is 26.0 Å². The molecule has 1 aliphatic heterocycles. The number of likely N-dealkylation sites (N-methyl/N-ethyl adjacent to an activating group) is 2. The molecule has 1 fully saturated rings. The summed E-state index contributed by atoms with van der Waals surface area (Å²) in [6.45, 7) is 3.28. The number of carbonyl (C=O) groups is 2. The van der Waals surface area contributed by atoms with Crippen LogP contribution in [0.15, 0.2) is 23.6 Å². The van der Waals surface area contributed by atoms with Gasteiger partial charge in [-0.3, -0.25) is 9.59 Å². The van der Waals surface area contributed by atoms with Crippen molar-refractivity contribution in [2.24, 2.45) is 5.92 Å². The number of amides is 2. The van der Waals surface area contributed by atoms with E-state index >= 15 is 0 Å². The number of nitrogens with zero attached hydrogens (tertiary/aromatic N) is 1. The van der Waals surface area contributed by atoms with Gasteiger partial charge >= 0.3 is 6.18 Å². The number of nitrogens with one attached hydrogen (secondary N) is 2. The topological polar surface area (TPSA) is 90.9 Å². The third kappa shape index (κ3) is 5.72. The maximum atomic E-state index is 13.1. The summed E-state index contributed by atoms with van der Waals surface area (Å²) in [4.78, 5) is 27.0. The van der Waals surface area contributed by atoms with Crippen molar-refractivity contribution in [1.29, 1.82) is 0 Å². The Labute approximate surface area is 180 Å². The minimum absolute atomic E-state index is 0.237. The molecule has 0 saturated heterocycles. The van der Waals surface area contributed by atoms with E-state index in [9.17, 15) is 27.9 Å². The van der Waals surface area contributed by atoms with Gasteiger partial charge in [-0.2, -0.15) is 13.2 Å². The third-order valence-corrected chi connectivity index (χ3v) is 5.97. The van der Waals surface area contributed by atoms with Crippen LogP contribution in [0.3, 0.4) is 0 Å². The van der Waals surface area contributed by atoms with Crippen LogP contribution in [-0.2, 0) is 14.3 Å². The molecular formula is C21H32F3N3O4. The zero-order valence-corrected chi connectivity index (χ0v) is 18.4. The molecule has 0 spiro atoms. The van der Waals surface area contributed by atoms with E-state index in [1.165, 1.54) is 7.05 Å². The number of aliphatic hydroxyl groups excluding tert-OH is 1. The van der Waals surface area contributed by atoms with Gasteiger partial charge in [0.25, 0.3) is 0 Å². The van der Waals surface area contributed by atoms with Gasteiger partial charge in [0.2, 0.25) is 11.8 Å². The highest BCUT2D eigenvalue weighted by atomic mass is 19.4. The molecule has 0 aromatic carbocycles. The lowest BCUT2D eigenvalue weighted by Gasteiger charge is -2.37. The van der Waals surface area contributed by atoms with E-state index in [4.69, 9.17) is 4.74 Å². The van der Waals surface area contributed by atoms with Crippen molar-refractivity contribution < 1.29 is 32.6 Å². The Morgan fingerprint density at radius 2 is 1.90 bits per heavy atom. The number of allylic oxidation sites excluding steroid dienone is 2. The average Bonchev–Trinajstić information content (AvgIpc) is 3.56. The second-order valence-electron chi connectivity index (χ2n) is 8.00. The van der Waals surface area contributed by atoms with Gasteiger partial charge in [0.1, 0.15) is 11.6 Å². The van der Waals surface area contributed by atoms with Crippen LogP contribution in [0.1, 0.15) is 46.0 Å². The second kappa shape index (κ2) is 9.93. The molecule has 3 N–H and O–H groups in total. The molecular weight excluding hydrogens is 415 g/mol. The molecule has 0 bridgehead atoms. The largest absolute Gasteiger partial charge is 0.479 e. The van der Waals surface area contributed by atoms with Crippen molar-refractivity contribution in [3.8, 4) is 0 Å². The van der Waals surface area contributed by atoms with Crippen LogP contribution < -0.4 is 10.6 Å². The highest BCUT2D eigenvalue weighted by Gasteiger charge is 2.41. The molecule has 0 radical (unpaired) electrons. The molecule has 0 unspecified atom stereocenters. The molecule has 1 aliphatic carbocycles. The van der Waals surface area contributed by atoms with E-state index in [0.717, 1.165) is 18.4 Å². The van der Waals surface area contributed by atoms with Crippen LogP contribution in [-0.4, -0.2) is 66.4 Å². The molecule has 2 amide bonds. The molecule has 0 aromatic heterocycles. The van der Waals surface area contributed by atoms with Crippen molar-refractivity contribution in [2.45, 2.75) is 69.8 Å². The second-order valence-corrected chi connectivity index (χ2v) is 8.00. The molecule has 2 aliphatic rings. The number of aliphatic hydroxyl groups is 1. The summed E-state index contributed by atoms with van der Waals surface area (Å²) in [5.41, 5.74) is -0.227. The lowest BCUT2D eigenvalue weighted by Crippen LogP contribution is -2.61. The van der Waals surface area contributed by atoms with E-state index in [-0.39, 0.29) is 18.4 Å². The van der Waals surface area contributed by atoms with Gasteiger partial charge in [0.05, 0.1) is 6.61 Å². The van der Waals surface area contributed by atoms with Crippen LogP contribution in [0.25, 0.3) is 0 Å². The van der Waals surface area contributed by atoms with Gasteiger partial charge in [0, 0.05) is 26.1 Å². The van der Waals surface area contributed by atoms with E-state index in [2.05, 4.69) is 10.6 Å². The fourth-order valence-electron chi connectivity index (χ4n) is 3.66. The van der Waals surface area contributed by atoms with Crippen LogP contribution in [0, 0.1) is 5.92 Å². The summed E-state index contributed by atoms with van der Waals surface area (Å²) in [7, 11) is 3.14. The number of ether oxygens (including phenoxy) is 1. The fraction of sp³-hybridized carbons (Fsp3) is 0.714. The average molecular weight is 447 g/mol. The van der Waals surface area contributed by atoms with Gasteiger partial charge < -0.3 is 25.4 Å². The van der Waals surface area contributed by atoms with E-state index in [1.807, 2.05) is 13.8 Å². The summed E-state index contributed by atoms with van der Waals surface area (Å²) in [5, 5.41) is 14.6. The Morgan fingerprint density at radius 3 is 2.39 bits per heavy atom. The predicted octanol–water partition coefficient (Wildman–Crippen LogP) is 2.23. The van der Waals surface area contributed by atoms with Gasteiger partial charge in [-0.05, 0) is 31.6 Å². The molecule has 2 rings (SSSR count). The highest BCUT2D eigenvalue weighted by molar-refractivity contribution is 5.93. The maximum absolute atomic E-state index is 13.1. The standard InChI is InChI=1S/C21H32F3N3O4/c1-5-20(6-2,19(30)25-3)26-17(29)15-10-9-14(13-7-8-13)18(27(15)4)31-12-11-16(28)21(22,23)24/h9-10,13,15-16,28H,5-8,11-12H2,1-4H3,(H,25,30)(H,26,29)/t15-,16-/m1/s1. The predicted molar refractivity (Wildman–Crippen MR) is 109 cm³/mol. The first-order chi connectivity index (χ1) is 14.5. The highest BCUT2D eigenvalue weighted by Crippen LogP contribution is 2.41. The maximum Gasteiger partial charge on any atom is 0.414 e. The van der Waals surface area contributed by atoms with Crippen LogP contribution in [0.5, 0.6) is 0 Å². The summed E-state index contributed by atoms with van der Waals surface area (Å²) < 4.78 is 43.3. The van der Waals surface area contributed by atoms with Crippen molar-refractivity contribution in [3.63, 3.8) is 0 Å². The summed E-state index contributed by atoms with van der Waals surface area (Å²) in [6, 6.07) is -0.785. The molecule has 2 atom stereocenters. The minimum Gasteiger partial charge on any atom is -0.479 e. The number of hydrogen-bond acceptors (Lipinski definition) is 5. The summed E-state index contributed by atoms with van der Waals surface area (Å²) in [6.07, 6.45) is -1.62. The van der Waals surface area contributed by atoms with Crippen LogP contribution >= 0.6 is 0 Å². The van der Waals surface area contributed by atoms with Crippen molar-refractivity contribution in [2.75, 3.05) is 20.7 Å². The number of carbonyl (C=O) groups excluding carboxylic acids is 2. The van der Waals surface area contributed by atoms with Gasteiger partial charge in [-0.15, -0.1) is 0 Å². The van der Waals surface area contributed by atoms with Gasteiger partial charge in [-0.25, -0.2) is 0 Å². The van der Waals surface area contributed by atoms with Crippen molar-refractivity contribution in [3.05, 3.63) is 23.6 Å². The fourth-order valence-corrected chi connectivity index (χ4v) is 3.66. The molecule has 176 valence electrons. The SMILES string of the molecule is CCC(CC)(NC(=O)[C@H]1C=CC(C2CC2)=C(OCC[C@@H](O)C(F)(F)F)N1C)C(=O)NC.